The van der Waals surface area contributed by atoms with Gasteiger partial charge >= 0.3 is 12.1 Å². The molecule has 1 saturated heterocycles. The van der Waals surface area contributed by atoms with Crippen LogP contribution in [0.1, 0.15) is 30.4 Å². The maximum atomic E-state index is 12.6. The normalized spacial score (nSPS) is 17.7. The lowest BCUT2D eigenvalue weighted by atomic mass is 10.1. The molecule has 8 heteroatoms. The summed E-state index contributed by atoms with van der Waals surface area (Å²) >= 11 is 0. The maximum absolute atomic E-state index is 12.6. The fourth-order valence-electron chi connectivity index (χ4n) is 2.54. The topological polar surface area (TPSA) is 66.8 Å². The SMILES string of the molecule is O=C(O)CN(Cc1ccc(C(F)(F)F)cc1)C(=O)CC1CCCO1. The number of hydrogen-bond donors (Lipinski definition) is 1. The number of carbonyl (C=O) groups excluding carboxylic acids is 1. The lowest BCUT2D eigenvalue weighted by molar-refractivity contribution is -0.145. The number of benzene rings is 1. The van der Waals surface area contributed by atoms with Gasteiger partial charge in [-0.15, -0.1) is 0 Å². The highest BCUT2D eigenvalue weighted by molar-refractivity contribution is 5.81. The van der Waals surface area contributed by atoms with E-state index in [0.29, 0.717) is 12.2 Å². The number of aliphatic carboxylic acids is 1. The van der Waals surface area contributed by atoms with Crippen LogP contribution in [0.15, 0.2) is 24.3 Å². The van der Waals surface area contributed by atoms with Crippen molar-refractivity contribution in [3.63, 3.8) is 0 Å². The molecular formula is C16H18F3NO4. The zero-order chi connectivity index (χ0) is 17.7. The van der Waals surface area contributed by atoms with E-state index in [2.05, 4.69) is 0 Å². The smallest absolute Gasteiger partial charge is 0.416 e. The van der Waals surface area contributed by atoms with Gasteiger partial charge in [-0.1, -0.05) is 12.1 Å². The van der Waals surface area contributed by atoms with Gasteiger partial charge in [0.2, 0.25) is 5.91 Å². The quantitative estimate of drug-likeness (QED) is 0.861. The molecule has 1 atom stereocenters. The highest BCUT2D eigenvalue weighted by atomic mass is 19.4. The second-order valence-corrected chi connectivity index (χ2v) is 5.68. The Kier molecular flexibility index (Phi) is 5.82. The number of hydrogen-bond acceptors (Lipinski definition) is 3. The van der Waals surface area contributed by atoms with Crippen molar-refractivity contribution in [2.75, 3.05) is 13.2 Å². The van der Waals surface area contributed by atoms with E-state index in [0.717, 1.165) is 29.9 Å². The zero-order valence-electron chi connectivity index (χ0n) is 12.9. The van der Waals surface area contributed by atoms with Crippen molar-refractivity contribution in [2.45, 2.75) is 38.1 Å². The highest BCUT2D eigenvalue weighted by Crippen LogP contribution is 2.29. The molecule has 1 amide bonds. The first-order valence-electron chi connectivity index (χ1n) is 7.53. The first-order valence-corrected chi connectivity index (χ1v) is 7.53. The summed E-state index contributed by atoms with van der Waals surface area (Å²) in [6.07, 6.45) is -2.98. The predicted octanol–water partition coefficient (Wildman–Crippen LogP) is 2.69. The summed E-state index contributed by atoms with van der Waals surface area (Å²) in [5, 5.41) is 8.95. The Labute approximate surface area is 137 Å². The van der Waals surface area contributed by atoms with Gasteiger partial charge in [0.1, 0.15) is 6.54 Å². The van der Waals surface area contributed by atoms with Gasteiger partial charge in [0, 0.05) is 13.2 Å². The van der Waals surface area contributed by atoms with E-state index in [9.17, 15) is 22.8 Å². The first kappa shape index (κ1) is 18.3. The van der Waals surface area contributed by atoms with Crippen LogP contribution in [0.2, 0.25) is 0 Å². The second kappa shape index (κ2) is 7.65. The van der Waals surface area contributed by atoms with E-state index < -0.39 is 24.3 Å². The highest BCUT2D eigenvalue weighted by Gasteiger charge is 2.30. The van der Waals surface area contributed by atoms with Gasteiger partial charge in [-0.3, -0.25) is 9.59 Å². The first-order chi connectivity index (χ1) is 11.3. The van der Waals surface area contributed by atoms with E-state index in [-0.39, 0.29) is 25.0 Å². The number of halogens is 3. The maximum Gasteiger partial charge on any atom is 0.416 e. The molecule has 1 heterocycles. The molecule has 24 heavy (non-hydrogen) atoms. The molecule has 1 aliphatic heterocycles. The minimum atomic E-state index is -4.44. The summed E-state index contributed by atoms with van der Waals surface area (Å²) in [5.41, 5.74) is -0.355. The zero-order valence-corrected chi connectivity index (χ0v) is 12.9. The Morgan fingerprint density at radius 1 is 1.25 bits per heavy atom. The molecule has 1 aromatic carbocycles. The largest absolute Gasteiger partial charge is 0.480 e. The van der Waals surface area contributed by atoms with Crippen LogP contribution in [0.25, 0.3) is 0 Å². The van der Waals surface area contributed by atoms with Crippen molar-refractivity contribution in [1.82, 2.24) is 4.90 Å². The van der Waals surface area contributed by atoms with E-state index >= 15 is 0 Å². The van der Waals surface area contributed by atoms with E-state index in [1.165, 1.54) is 12.1 Å². The fraction of sp³-hybridized carbons (Fsp3) is 0.500. The molecule has 0 bridgehead atoms. The minimum absolute atomic E-state index is 0.0595. The number of carboxylic acid groups (broad SMARTS) is 1. The van der Waals surface area contributed by atoms with Crippen LogP contribution in [0.3, 0.4) is 0 Å². The number of ether oxygens (including phenoxy) is 1. The van der Waals surface area contributed by atoms with Gasteiger partial charge in [0.25, 0.3) is 0 Å². The minimum Gasteiger partial charge on any atom is -0.480 e. The number of carboxylic acids is 1. The molecule has 2 rings (SSSR count). The van der Waals surface area contributed by atoms with Crippen molar-refractivity contribution < 1.29 is 32.6 Å². The number of nitrogens with zero attached hydrogens (tertiary/aromatic N) is 1. The van der Waals surface area contributed by atoms with Crippen molar-refractivity contribution >= 4 is 11.9 Å². The van der Waals surface area contributed by atoms with Crippen molar-refractivity contribution in [1.29, 1.82) is 0 Å². The molecule has 0 radical (unpaired) electrons. The van der Waals surface area contributed by atoms with Crippen LogP contribution in [0.4, 0.5) is 13.2 Å². The van der Waals surface area contributed by atoms with Crippen molar-refractivity contribution in [2.24, 2.45) is 0 Å². The van der Waals surface area contributed by atoms with E-state index in [1.807, 2.05) is 0 Å². The lowest BCUT2D eigenvalue weighted by Crippen LogP contribution is -2.36. The molecule has 0 saturated carbocycles. The third-order valence-electron chi connectivity index (χ3n) is 3.76. The van der Waals surface area contributed by atoms with Gasteiger partial charge in [-0.25, -0.2) is 0 Å². The molecule has 1 N–H and O–H groups in total. The number of amides is 1. The molecule has 1 aromatic rings. The number of rotatable bonds is 6. The average molecular weight is 345 g/mol. The van der Waals surface area contributed by atoms with Gasteiger partial charge in [0.05, 0.1) is 18.1 Å². The molecule has 0 aromatic heterocycles. The monoisotopic (exact) mass is 345 g/mol. The predicted molar refractivity (Wildman–Crippen MR) is 78.1 cm³/mol. The summed E-state index contributed by atoms with van der Waals surface area (Å²) < 4.78 is 43.0. The summed E-state index contributed by atoms with van der Waals surface area (Å²) in [6, 6.07) is 4.33. The second-order valence-electron chi connectivity index (χ2n) is 5.68. The Morgan fingerprint density at radius 3 is 2.42 bits per heavy atom. The van der Waals surface area contributed by atoms with Crippen LogP contribution >= 0.6 is 0 Å². The molecule has 1 fully saturated rings. The Hall–Kier alpha value is -2.09. The standard InChI is InChI=1S/C16H18F3NO4/c17-16(18,19)12-5-3-11(4-6-12)9-20(10-15(22)23)14(21)8-13-2-1-7-24-13/h3-6,13H,1-2,7-10H2,(H,22,23). The molecule has 5 nitrogen and oxygen atoms in total. The summed E-state index contributed by atoms with van der Waals surface area (Å²) in [7, 11) is 0. The summed E-state index contributed by atoms with van der Waals surface area (Å²) in [4.78, 5) is 24.3. The Morgan fingerprint density at radius 2 is 1.92 bits per heavy atom. The van der Waals surface area contributed by atoms with E-state index in [1.54, 1.807) is 0 Å². The molecule has 0 aliphatic carbocycles. The third-order valence-corrected chi connectivity index (χ3v) is 3.76. The van der Waals surface area contributed by atoms with Crippen LogP contribution in [0, 0.1) is 0 Å². The summed E-state index contributed by atoms with van der Waals surface area (Å²) in [5.74, 6) is -1.56. The molecular weight excluding hydrogens is 327 g/mol. The van der Waals surface area contributed by atoms with Gasteiger partial charge < -0.3 is 14.7 Å². The molecule has 1 unspecified atom stereocenters. The lowest BCUT2D eigenvalue weighted by Gasteiger charge is -2.22. The Balaban J connectivity index is 2.04. The third kappa shape index (κ3) is 5.23. The van der Waals surface area contributed by atoms with Gasteiger partial charge in [-0.05, 0) is 30.5 Å². The van der Waals surface area contributed by atoms with Gasteiger partial charge in [-0.2, -0.15) is 13.2 Å². The van der Waals surface area contributed by atoms with Crippen molar-refractivity contribution in [3.8, 4) is 0 Å². The Bertz CT molecular complexity index is 580. The van der Waals surface area contributed by atoms with Gasteiger partial charge in [0.15, 0.2) is 0 Å². The number of carbonyl (C=O) groups is 2. The van der Waals surface area contributed by atoms with E-state index in [4.69, 9.17) is 9.84 Å². The van der Waals surface area contributed by atoms with Crippen LogP contribution in [-0.2, 0) is 27.0 Å². The van der Waals surface area contributed by atoms with Crippen LogP contribution in [0.5, 0.6) is 0 Å². The molecule has 0 spiro atoms. The van der Waals surface area contributed by atoms with Crippen LogP contribution in [-0.4, -0.2) is 41.1 Å². The average Bonchev–Trinajstić information content (AvgIpc) is 2.98. The molecule has 132 valence electrons. The number of alkyl halides is 3. The summed E-state index contributed by atoms with van der Waals surface area (Å²) in [6.45, 7) is 0.0122. The van der Waals surface area contributed by atoms with Crippen molar-refractivity contribution in [3.05, 3.63) is 35.4 Å². The molecule has 1 aliphatic rings. The fourth-order valence-corrected chi connectivity index (χ4v) is 2.54. The van der Waals surface area contributed by atoms with Crippen LogP contribution < -0.4 is 0 Å².